The van der Waals surface area contributed by atoms with E-state index in [-0.39, 0.29) is 48.6 Å². The molecule has 34 heavy (non-hydrogen) atoms. The third-order valence-electron chi connectivity index (χ3n) is 7.49. The third kappa shape index (κ3) is 4.68. The lowest BCUT2D eigenvalue weighted by molar-refractivity contribution is -0.133. The molecule has 0 aliphatic carbocycles. The van der Waals surface area contributed by atoms with Gasteiger partial charge in [0.25, 0.3) is 0 Å². The van der Waals surface area contributed by atoms with E-state index in [9.17, 15) is 19.5 Å². The lowest BCUT2D eigenvalue weighted by atomic mass is 9.86. The zero-order valence-corrected chi connectivity index (χ0v) is 21.4. The Labute approximate surface area is 201 Å². The summed E-state index contributed by atoms with van der Waals surface area (Å²) in [5.41, 5.74) is 1.21. The molecular weight excluding hydrogens is 456 g/mol. The van der Waals surface area contributed by atoms with E-state index in [2.05, 4.69) is 0 Å². The molecule has 10 heteroatoms. The van der Waals surface area contributed by atoms with Crippen LogP contribution in [0.25, 0.3) is 0 Å². The maximum Gasteiger partial charge on any atom is 0.414 e. The number of carbonyl (C=O) groups is 2. The van der Waals surface area contributed by atoms with Gasteiger partial charge in [0, 0.05) is 42.8 Å². The molecule has 1 unspecified atom stereocenters. The quantitative estimate of drug-likeness (QED) is 0.563. The molecule has 0 bridgehead atoms. The summed E-state index contributed by atoms with van der Waals surface area (Å²) >= 11 is 0. The zero-order valence-electron chi connectivity index (χ0n) is 20.4. The van der Waals surface area contributed by atoms with Crippen molar-refractivity contribution in [3.63, 3.8) is 0 Å². The van der Waals surface area contributed by atoms with Gasteiger partial charge in [-0.2, -0.15) is 0 Å². The number of cyclic esters (lactones) is 1. The van der Waals surface area contributed by atoms with Crippen molar-refractivity contribution in [1.82, 2.24) is 4.90 Å². The van der Waals surface area contributed by atoms with Crippen molar-refractivity contribution in [3.05, 3.63) is 23.8 Å². The molecule has 4 rings (SSSR count). The first kappa shape index (κ1) is 25.0. The van der Waals surface area contributed by atoms with Crippen LogP contribution in [0.3, 0.4) is 0 Å². The first-order valence-electron chi connectivity index (χ1n) is 12.1. The van der Waals surface area contributed by atoms with E-state index >= 15 is 0 Å². The van der Waals surface area contributed by atoms with Crippen molar-refractivity contribution >= 4 is 26.0 Å². The lowest BCUT2D eigenvalue weighted by Crippen LogP contribution is -2.50. The van der Waals surface area contributed by atoms with Crippen LogP contribution >= 0.6 is 0 Å². The highest BCUT2D eigenvalue weighted by Gasteiger charge is 2.48. The van der Waals surface area contributed by atoms with Crippen molar-refractivity contribution < 1.29 is 33.7 Å². The number of hydrogen-bond donors (Lipinski definition) is 2. The van der Waals surface area contributed by atoms with Crippen molar-refractivity contribution in [2.45, 2.75) is 63.1 Å². The number of anilines is 1. The molecular formula is C24H36N2O7Si. The van der Waals surface area contributed by atoms with Gasteiger partial charge in [-0.25, -0.2) is 4.79 Å². The largest absolute Gasteiger partial charge is 0.490 e. The summed E-state index contributed by atoms with van der Waals surface area (Å²) in [6.07, 6.45) is 0.750. The zero-order chi connectivity index (χ0) is 24.6. The molecule has 2 fully saturated rings. The Morgan fingerprint density at radius 2 is 2.09 bits per heavy atom. The monoisotopic (exact) mass is 492 g/mol. The molecule has 0 radical (unpaired) electrons. The van der Waals surface area contributed by atoms with Gasteiger partial charge in [0.2, 0.25) is 5.91 Å². The fourth-order valence-electron chi connectivity index (χ4n) is 5.59. The summed E-state index contributed by atoms with van der Waals surface area (Å²) in [4.78, 5) is 39.8. The number of aliphatic hydroxyl groups excluding tert-OH is 1. The van der Waals surface area contributed by atoms with Crippen LogP contribution in [-0.2, 0) is 14.3 Å². The molecule has 9 nitrogen and oxygen atoms in total. The van der Waals surface area contributed by atoms with Crippen molar-refractivity contribution in [3.8, 4) is 5.75 Å². The molecule has 2 saturated heterocycles. The predicted molar refractivity (Wildman–Crippen MR) is 128 cm³/mol. The summed E-state index contributed by atoms with van der Waals surface area (Å²) in [5, 5.41) is 9.66. The topological polar surface area (TPSA) is 109 Å². The van der Waals surface area contributed by atoms with Crippen LogP contribution in [0.2, 0.25) is 18.6 Å². The normalized spacial score (nSPS) is 27.9. The summed E-state index contributed by atoms with van der Waals surface area (Å²) in [6, 6.07) is 5.40. The standard InChI is InChI=1S/C24H36N2O7Si/c1-15-22(31-2)18-12-16(26-10-11-32-24(26)29)7-8-19(18)33-23(15)20(34(3,4)30)13-21(28)25-9-5-6-17(25)14-27/h7-8,12,15,17,20,22-23,27,30H,5-6,9-11,13-14H2,1-4H3/t15-,17-,20?,22-,23-/m0/s1. The van der Waals surface area contributed by atoms with Crippen LogP contribution in [-0.4, -0.2) is 80.7 Å². The Balaban J connectivity index is 1.61. The van der Waals surface area contributed by atoms with Gasteiger partial charge in [0.1, 0.15) is 18.5 Å². The van der Waals surface area contributed by atoms with Crippen LogP contribution in [0.5, 0.6) is 5.75 Å². The van der Waals surface area contributed by atoms with E-state index in [1.54, 1.807) is 16.9 Å². The van der Waals surface area contributed by atoms with E-state index in [4.69, 9.17) is 14.2 Å². The van der Waals surface area contributed by atoms with Gasteiger partial charge in [-0.1, -0.05) is 6.92 Å². The second-order valence-corrected chi connectivity index (χ2v) is 14.2. The summed E-state index contributed by atoms with van der Waals surface area (Å²) < 4.78 is 17.4. The number of benzene rings is 1. The first-order chi connectivity index (χ1) is 16.2. The highest BCUT2D eigenvalue weighted by atomic mass is 28.4. The number of carbonyl (C=O) groups excluding carboxylic acids is 2. The van der Waals surface area contributed by atoms with Gasteiger partial charge < -0.3 is 29.0 Å². The third-order valence-corrected chi connectivity index (χ3v) is 9.84. The van der Waals surface area contributed by atoms with Crippen LogP contribution in [0.15, 0.2) is 18.2 Å². The van der Waals surface area contributed by atoms with Crippen molar-refractivity contribution in [1.29, 1.82) is 0 Å². The van der Waals surface area contributed by atoms with Crippen LogP contribution < -0.4 is 9.64 Å². The molecule has 5 atom stereocenters. The summed E-state index contributed by atoms with van der Waals surface area (Å²) in [6.45, 7) is 7.15. The van der Waals surface area contributed by atoms with Crippen molar-refractivity contribution in [2.75, 3.05) is 38.3 Å². The highest BCUT2D eigenvalue weighted by molar-refractivity contribution is 6.71. The Bertz CT molecular complexity index is 921. The molecule has 1 aromatic rings. The van der Waals surface area contributed by atoms with Gasteiger partial charge >= 0.3 is 6.09 Å². The molecule has 188 valence electrons. The Morgan fingerprint density at radius 3 is 2.71 bits per heavy atom. The number of likely N-dealkylation sites (tertiary alicyclic amines) is 1. The summed E-state index contributed by atoms with van der Waals surface area (Å²) in [7, 11) is -1.19. The number of aliphatic hydroxyl groups is 1. The maximum absolute atomic E-state index is 13.2. The second-order valence-electron chi connectivity index (χ2n) is 10.1. The Kier molecular flexibility index (Phi) is 7.23. The first-order valence-corrected chi connectivity index (χ1v) is 15.1. The van der Waals surface area contributed by atoms with Gasteiger partial charge in [0.05, 0.1) is 25.3 Å². The average Bonchev–Trinajstić information content (AvgIpc) is 3.45. The van der Waals surface area contributed by atoms with E-state index in [1.165, 1.54) is 0 Å². The number of fused-ring (bicyclic) bond motifs is 1. The molecule has 0 aromatic heterocycles. The lowest BCUT2D eigenvalue weighted by Gasteiger charge is -2.44. The maximum atomic E-state index is 13.2. The molecule has 2 N–H and O–H groups in total. The number of hydrogen-bond acceptors (Lipinski definition) is 7. The minimum Gasteiger partial charge on any atom is -0.490 e. The molecule has 0 spiro atoms. The molecule has 1 aromatic carbocycles. The van der Waals surface area contributed by atoms with Gasteiger partial charge in [-0.3, -0.25) is 9.69 Å². The fraction of sp³-hybridized carbons (Fsp3) is 0.667. The van der Waals surface area contributed by atoms with Crippen molar-refractivity contribution in [2.24, 2.45) is 5.92 Å². The minimum atomic E-state index is -2.83. The minimum absolute atomic E-state index is 0.0430. The number of amides is 2. The second kappa shape index (κ2) is 9.85. The molecule has 3 heterocycles. The molecule has 0 saturated carbocycles. The number of methoxy groups -OCH3 is 1. The van der Waals surface area contributed by atoms with Gasteiger partial charge in [0.15, 0.2) is 8.32 Å². The van der Waals surface area contributed by atoms with Crippen LogP contribution in [0, 0.1) is 5.92 Å². The van der Waals surface area contributed by atoms with Crippen LogP contribution in [0.1, 0.15) is 37.9 Å². The van der Waals surface area contributed by atoms with Crippen LogP contribution in [0.4, 0.5) is 10.5 Å². The summed E-state index contributed by atoms with van der Waals surface area (Å²) in [5.74, 6) is 0.452. The molecule has 3 aliphatic rings. The van der Waals surface area contributed by atoms with E-state index < -0.39 is 14.4 Å². The smallest absolute Gasteiger partial charge is 0.414 e. The van der Waals surface area contributed by atoms with E-state index in [0.717, 1.165) is 24.1 Å². The number of nitrogens with zero attached hydrogens (tertiary/aromatic N) is 2. The fourth-order valence-corrected chi connectivity index (χ4v) is 7.44. The molecule has 3 aliphatic heterocycles. The Morgan fingerprint density at radius 1 is 1.32 bits per heavy atom. The SMILES string of the molecule is CO[C@@H]1c2cc(N3CCOC3=O)ccc2O[C@H](C(CC(=O)N2CCC[C@H]2CO)[Si](C)(C)O)[C@H]1C. The van der Waals surface area contributed by atoms with E-state index in [0.29, 0.717) is 25.4 Å². The number of ether oxygens (including phenoxy) is 3. The molecule has 2 amide bonds. The van der Waals surface area contributed by atoms with Gasteiger partial charge in [-0.15, -0.1) is 0 Å². The highest BCUT2D eigenvalue weighted by Crippen LogP contribution is 2.47. The average molecular weight is 493 g/mol. The predicted octanol–water partition coefficient (Wildman–Crippen LogP) is 2.67. The number of rotatable bonds is 7. The Hall–Kier alpha value is -2.14. The van der Waals surface area contributed by atoms with E-state index in [1.807, 2.05) is 38.2 Å². The van der Waals surface area contributed by atoms with Gasteiger partial charge in [-0.05, 0) is 44.1 Å².